The highest BCUT2D eigenvalue weighted by Gasteiger charge is 2.02. The lowest BCUT2D eigenvalue weighted by atomic mass is 10.1. The van der Waals surface area contributed by atoms with Gasteiger partial charge in [-0.3, -0.25) is 10.4 Å². The fraction of sp³-hybridized carbons (Fsp3) is 0. The maximum Gasteiger partial charge on any atom is 0.184 e. The topological polar surface area (TPSA) is 63.3 Å². The number of thiocarbonyl (C=S) groups is 1. The van der Waals surface area contributed by atoms with Gasteiger partial charge in [0.2, 0.25) is 0 Å². The van der Waals surface area contributed by atoms with E-state index in [1.165, 1.54) is 0 Å². The lowest BCUT2D eigenvalue weighted by Crippen LogP contribution is -2.24. The van der Waals surface area contributed by atoms with Crippen LogP contribution < -0.4 is 11.2 Å². The van der Waals surface area contributed by atoms with Gasteiger partial charge in [0, 0.05) is 22.2 Å². The number of hydrogen-bond donors (Lipinski definition) is 2. The summed E-state index contributed by atoms with van der Waals surface area (Å²) in [6.45, 7) is 0. The molecule has 3 N–H and O–H groups in total. The van der Waals surface area contributed by atoms with E-state index in [0.717, 1.165) is 16.5 Å². The molecule has 0 unspecified atom stereocenters. The van der Waals surface area contributed by atoms with Crippen molar-refractivity contribution in [2.75, 3.05) is 0 Å². The van der Waals surface area contributed by atoms with Crippen molar-refractivity contribution in [2.24, 2.45) is 10.8 Å². The monoisotopic (exact) mass is 264 g/mol. The molecule has 0 fully saturated rings. The second-order valence-electron chi connectivity index (χ2n) is 3.30. The van der Waals surface area contributed by atoms with Gasteiger partial charge in [0.25, 0.3) is 0 Å². The molecule has 1 aromatic heterocycles. The Morgan fingerprint density at radius 3 is 3.12 bits per heavy atom. The first-order valence-electron chi connectivity index (χ1n) is 4.79. The van der Waals surface area contributed by atoms with Crippen LogP contribution in [0.25, 0.3) is 10.9 Å². The number of halogens is 1. The van der Waals surface area contributed by atoms with Gasteiger partial charge in [-0.15, -0.1) is 0 Å². The molecule has 1 heterocycles. The van der Waals surface area contributed by atoms with Crippen LogP contribution in [-0.2, 0) is 0 Å². The van der Waals surface area contributed by atoms with E-state index < -0.39 is 0 Å². The largest absolute Gasteiger partial charge is 0.375 e. The van der Waals surface area contributed by atoms with Crippen molar-refractivity contribution in [3.05, 3.63) is 41.0 Å². The second kappa shape index (κ2) is 5.07. The molecule has 6 heteroatoms. The van der Waals surface area contributed by atoms with Crippen molar-refractivity contribution >= 4 is 46.0 Å². The zero-order chi connectivity index (χ0) is 12.3. The Hall–Kier alpha value is -1.72. The van der Waals surface area contributed by atoms with E-state index in [1.807, 2.05) is 18.2 Å². The number of fused-ring (bicyclic) bond motifs is 1. The molecule has 0 saturated carbocycles. The molecule has 0 spiro atoms. The van der Waals surface area contributed by atoms with Crippen LogP contribution in [0.15, 0.2) is 35.6 Å². The third-order valence-electron chi connectivity index (χ3n) is 2.08. The molecular weight excluding hydrogens is 256 g/mol. The molecule has 0 radical (unpaired) electrons. The normalized spacial score (nSPS) is 10.9. The zero-order valence-electron chi connectivity index (χ0n) is 8.72. The van der Waals surface area contributed by atoms with Gasteiger partial charge in [0.15, 0.2) is 5.11 Å². The predicted octanol–water partition coefficient (Wildman–Crippen LogP) is 2.06. The quantitative estimate of drug-likeness (QED) is 0.495. The van der Waals surface area contributed by atoms with Crippen molar-refractivity contribution in [3.63, 3.8) is 0 Å². The van der Waals surface area contributed by atoms with Crippen molar-refractivity contribution in [1.82, 2.24) is 10.4 Å². The van der Waals surface area contributed by atoms with Gasteiger partial charge in [0.05, 0.1) is 11.7 Å². The first kappa shape index (κ1) is 11.8. The molecule has 86 valence electrons. The third-order valence-corrected chi connectivity index (χ3v) is 2.39. The van der Waals surface area contributed by atoms with Crippen LogP contribution in [0.5, 0.6) is 0 Å². The van der Waals surface area contributed by atoms with Crippen LogP contribution in [0.4, 0.5) is 0 Å². The summed E-state index contributed by atoms with van der Waals surface area (Å²) in [6, 6.07) is 7.42. The van der Waals surface area contributed by atoms with E-state index in [0.29, 0.717) is 5.02 Å². The number of rotatable bonds is 2. The van der Waals surface area contributed by atoms with Crippen LogP contribution in [0.3, 0.4) is 0 Å². The summed E-state index contributed by atoms with van der Waals surface area (Å²) in [6.07, 6.45) is 3.30. The fourth-order valence-corrected chi connectivity index (χ4v) is 1.73. The standard InChI is InChI=1S/C11H9ClN4S/c12-9-4-7-2-1-3-14-10(7)8(5-9)6-15-16-11(13)17/h1-6H,(H3,13,16,17). The molecule has 0 aliphatic rings. The number of pyridine rings is 1. The Labute approximate surface area is 108 Å². The molecule has 4 nitrogen and oxygen atoms in total. The maximum absolute atomic E-state index is 6.00. The molecule has 17 heavy (non-hydrogen) atoms. The Bertz CT molecular complexity index is 597. The molecular formula is C11H9ClN4S. The molecule has 2 rings (SSSR count). The minimum Gasteiger partial charge on any atom is -0.375 e. The number of nitrogens with two attached hydrogens (primary N) is 1. The lowest BCUT2D eigenvalue weighted by Gasteiger charge is -2.02. The van der Waals surface area contributed by atoms with Crippen molar-refractivity contribution in [2.45, 2.75) is 0 Å². The molecule has 0 bridgehead atoms. The van der Waals surface area contributed by atoms with Gasteiger partial charge in [-0.2, -0.15) is 5.10 Å². The van der Waals surface area contributed by atoms with Gasteiger partial charge < -0.3 is 5.73 Å². The van der Waals surface area contributed by atoms with Gasteiger partial charge in [-0.05, 0) is 30.4 Å². The molecule has 0 aliphatic carbocycles. The maximum atomic E-state index is 6.00. The molecule has 2 aromatic rings. The summed E-state index contributed by atoms with van der Waals surface area (Å²) in [4.78, 5) is 4.28. The van der Waals surface area contributed by atoms with E-state index in [1.54, 1.807) is 18.5 Å². The zero-order valence-corrected chi connectivity index (χ0v) is 10.3. The summed E-state index contributed by atoms with van der Waals surface area (Å²) < 4.78 is 0. The average Bonchev–Trinajstić information content (AvgIpc) is 2.28. The number of nitrogens with one attached hydrogen (secondary N) is 1. The summed E-state index contributed by atoms with van der Waals surface area (Å²) in [5.41, 5.74) is 9.38. The minimum absolute atomic E-state index is 0.112. The average molecular weight is 265 g/mol. The fourth-order valence-electron chi connectivity index (χ4n) is 1.45. The third kappa shape index (κ3) is 2.89. The Balaban J connectivity index is 2.45. The predicted molar refractivity (Wildman–Crippen MR) is 74.3 cm³/mol. The first-order chi connectivity index (χ1) is 8.16. The summed E-state index contributed by atoms with van der Waals surface area (Å²) >= 11 is 10.6. The van der Waals surface area contributed by atoms with Crippen LogP contribution in [0.2, 0.25) is 5.02 Å². The second-order valence-corrected chi connectivity index (χ2v) is 4.18. The number of benzene rings is 1. The SMILES string of the molecule is NC(=S)NN=Cc1cc(Cl)cc2cccnc12. The molecule has 0 saturated heterocycles. The number of aromatic nitrogens is 1. The molecule has 0 atom stereocenters. The van der Waals surface area contributed by atoms with Crippen LogP contribution in [0.1, 0.15) is 5.56 Å². The van der Waals surface area contributed by atoms with Gasteiger partial charge in [-0.1, -0.05) is 17.7 Å². The Morgan fingerprint density at radius 1 is 1.53 bits per heavy atom. The van der Waals surface area contributed by atoms with Crippen LogP contribution in [0, 0.1) is 0 Å². The van der Waals surface area contributed by atoms with Gasteiger partial charge in [-0.25, -0.2) is 0 Å². The number of hydrazone groups is 1. The van der Waals surface area contributed by atoms with Gasteiger partial charge >= 0.3 is 0 Å². The van der Waals surface area contributed by atoms with E-state index in [4.69, 9.17) is 17.3 Å². The van der Waals surface area contributed by atoms with E-state index in [-0.39, 0.29) is 5.11 Å². The summed E-state index contributed by atoms with van der Waals surface area (Å²) in [7, 11) is 0. The Kier molecular flexibility index (Phi) is 3.51. The summed E-state index contributed by atoms with van der Waals surface area (Å²) in [5.74, 6) is 0. The lowest BCUT2D eigenvalue weighted by molar-refractivity contribution is 1.04. The highest BCUT2D eigenvalue weighted by atomic mass is 35.5. The summed E-state index contributed by atoms with van der Waals surface area (Å²) in [5, 5.41) is 5.59. The van der Waals surface area contributed by atoms with Crippen LogP contribution >= 0.6 is 23.8 Å². The van der Waals surface area contributed by atoms with Crippen molar-refractivity contribution < 1.29 is 0 Å². The Morgan fingerprint density at radius 2 is 2.35 bits per heavy atom. The van der Waals surface area contributed by atoms with E-state index >= 15 is 0 Å². The number of hydrogen-bond acceptors (Lipinski definition) is 3. The molecule has 0 amide bonds. The highest BCUT2D eigenvalue weighted by molar-refractivity contribution is 7.80. The highest BCUT2D eigenvalue weighted by Crippen LogP contribution is 2.20. The smallest absolute Gasteiger partial charge is 0.184 e. The van der Waals surface area contributed by atoms with Crippen molar-refractivity contribution in [1.29, 1.82) is 0 Å². The molecule has 1 aromatic carbocycles. The number of nitrogens with zero attached hydrogens (tertiary/aromatic N) is 2. The first-order valence-corrected chi connectivity index (χ1v) is 5.58. The van der Waals surface area contributed by atoms with E-state index in [2.05, 4.69) is 27.7 Å². The van der Waals surface area contributed by atoms with E-state index in [9.17, 15) is 0 Å². The van der Waals surface area contributed by atoms with Crippen molar-refractivity contribution in [3.8, 4) is 0 Å². The minimum atomic E-state index is 0.112. The van der Waals surface area contributed by atoms with Gasteiger partial charge in [0.1, 0.15) is 0 Å². The molecule has 0 aliphatic heterocycles. The van der Waals surface area contributed by atoms with Crippen LogP contribution in [-0.4, -0.2) is 16.3 Å².